The molecule has 0 bridgehead atoms. The van der Waals surface area contributed by atoms with E-state index in [1.54, 1.807) is 0 Å². The molecule has 0 fully saturated rings. The zero-order chi connectivity index (χ0) is 16.4. The van der Waals surface area contributed by atoms with Crippen LogP contribution in [0.15, 0.2) is 78.9 Å². The van der Waals surface area contributed by atoms with Gasteiger partial charge in [-0.3, -0.25) is 0 Å². The summed E-state index contributed by atoms with van der Waals surface area (Å²) in [6.07, 6.45) is 0. The Morgan fingerprint density at radius 3 is 2.38 bits per heavy atom. The van der Waals surface area contributed by atoms with Crippen LogP contribution < -0.4 is 4.46 Å². The van der Waals surface area contributed by atoms with Crippen LogP contribution >= 0.6 is 0 Å². The van der Waals surface area contributed by atoms with E-state index in [9.17, 15) is 0 Å². The quantitative estimate of drug-likeness (QED) is 0.510. The number of rotatable bonds is 4. The molecule has 0 amide bonds. The van der Waals surface area contributed by atoms with Crippen molar-refractivity contribution in [3.63, 3.8) is 0 Å². The van der Waals surface area contributed by atoms with Gasteiger partial charge in [-0.1, -0.05) is 0 Å². The molecule has 1 atom stereocenters. The molecule has 1 aromatic heterocycles. The van der Waals surface area contributed by atoms with Gasteiger partial charge in [0.2, 0.25) is 0 Å². The van der Waals surface area contributed by atoms with E-state index in [1.807, 2.05) is 18.2 Å². The number of hydrogen-bond donors (Lipinski definition) is 0. The molecule has 0 saturated heterocycles. The number of hydrogen-bond acceptors (Lipinski definition) is 2. The van der Waals surface area contributed by atoms with E-state index in [1.165, 1.54) is 15.6 Å². The van der Waals surface area contributed by atoms with E-state index in [0.29, 0.717) is 0 Å². The molecule has 24 heavy (non-hydrogen) atoms. The van der Waals surface area contributed by atoms with Crippen molar-refractivity contribution in [1.29, 1.82) is 0 Å². The van der Waals surface area contributed by atoms with E-state index in [4.69, 9.17) is 0 Å². The molecule has 1 unspecified atom stereocenters. The van der Waals surface area contributed by atoms with Crippen molar-refractivity contribution >= 4 is 30.5 Å². The number of aryl methyl sites for hydroxylation is 1. The topological polar surface area (TPSA) is 30.7 Å². The molecule has 3 aromatic carbocycles. The summed E-state index contributed by atoms with van der Waals surface area (Å²) < 4.78 is 3.45. The summed E-state index contributed by atoms with van der Waals surface area (Å²) in [6, 6.07) is 27.4. The van der Waals surface area contributed by atoms with Crippen LogP contribution in [-0.4, -0.2) is 30.0 Å². The average Bonchev–Trinajstić information content (AvgIpc) is 3.05. The molecule has 0 aliphatic carbocycles. The summed E-state index contributed by atoms with van der Waals surface area (Å²) in [5, 5.41) is 8.85. The summed E-state index contributed by atoms with van der Waals surface area (Å²) in [4.78, 5) is 0.188. The van der Waals surface area contributed by atoms with Gasteiger partial charge in [0, 0.05) is 0 Å². The standard InChI is InChI=1S/C20H17N3Se/c1-15-9-5-6-12-17(15)20(24-16-10-3-2-4-11-16)23-19-14-8-7-13-18(19)21-22-23/h2-14,20H,1H3. The Hall–Kier alpha value is -2.42. The Labute approximate surface area is 147 Å². The third-order valence-electron chi connectivity index (χ3n) is 4.04. The fourth-order valence-electron chi connectivity index (χ4n) is 2.80. The predicted octanol–water partition coefficient (Wildman–Crippen LogP) is 3.32. The predicted molar refractivity (Wildman–Crippen MR) is 98.7 cm³/mol. The van der Waals surface area contributed by atoms with Crippen LogP contribution in [-0.2, 0) is 0 Å². The molecule has 0 saturated carbocycles. The van der Waals surface area contributed by atoms with Crippen molar-refractivity contribution in [2.24, 2.45) is 0 Å². The average molecular weight is 378 g/mol. The van der Waals surface area contributed by atoms with Crippen LogP contribution in [0.25, 0.3) is 11.0 Å². The molecule has 4 heteroatoms. The molecule has 0 radical (unpaired) electrons. The molecule has 0 spiro atoms. The first kappa shape index (κ1) is 15.1. The summed E-state index contributed by atoms with van der Waals surface area (Å²) in [7, 11) is 0. The van der Waals surface area contributed by atoms with Gasteiger partial charge in [0.05, 0.1) is 0 Å². The fraction of sp³-hybridized carbons (Fsp3) is 0.100. The van der Waals surface area contributed by atoms with E-state index < -0.39 is 0 Å². The molecule has 4 rings (SSSR count). The maximum absolute atomic E-state index is 4.49. The van der Waals surface area contributed by atoms with E-state index in [2.05, 4.69) is 82.6 Å². The van der Waals surface area contributed by atoms with E-state index >= 15 is 0 Å². The molecule has 0 aliphatic heterocycles. The number of fused-ring (bicyclic) bond motifs is 1. The second-order valence-electron chi connectivity index (χ2n) is 5.66. The minimum atomic E-state index is 0.188. The van der Waals surface area contributed by atoms with Gasteiger partial charge in [-0.15, -0.1) is 0 Å². The van der Waals surface area contributed by atoms with Crippen LogP contribution in [0, 0.1) is 6.92 Å². The molecule has 1 heterocycles. The van der Waals surface area contributed by atoms with Gasteiger partial charge in [0.25, 0.3) is 0 Å². The van der Waals surface area contributed by atoms with E-state index in [-0.39, 0.29) is 19.9 Å². The Morgan fingerprint density at radius 2 is 1.54 bits per heavy atom. The van der Waals surface area contributed by atoms with Crippen molar-refractivity contribution in [3.8, 4) is 0 Å². The van der Waals surface area contributed by atoms with Gasteiger partial charge in [-0.25, -0.2) is 0 Å². The van der Waals surface area contributed by atoms with Crippen molar-refractivity contribution in [2.75, 3.05) is 0 Å². The molecule has 0 aliphatic rings. The Kier molecular flexibility index (Phi) is 4.16. The zero-order valence-electron chi connectivity index (χ0n) is 13.3. The van der Waals surface area contributed by atoms with Gasteiger partial charge in [0.15, 0.2) is 0 Å². The third-order valence-corrected chi connectivity index (χ3v) is 6.61. The summed E-state index contributed by atoms with van der Waals surface area (Å²) in [5.41, 5.74) is 4.64. The summed E-state index contributed by atoms with van der Waals surface area (Å²) in [5.74, 6) is 0. The third kappa shape index (κ3) is 2.86. The normalized spacial score (nSPS) is 12.4. The van der Waals surface area contributed by atoms with Gasteiger partial charge in [-0.2, -0.15) is 0 Å². The Balaban J connectivity index is 1.86. The monoisotopic (exact) mass is 379 g/mol. The minimum absolute atomic E-state index is 0.188. The first-order chi connectivity index (χ1) is 11.8. The van der Waals surface area contributed by atoms with Gasteiger partial charge >= 0.3 is 147 Å². The molecule has 4 aromatic rings. The maximum atomic E-state index is 4.49. The first-order valence-corrected chi connectivity index (χ1v) is 9.74. The molecular weight excluding hydrogens is 361 g/mol. The van der Waals surface area contributed by atoms with Crippen LogP contribution in [0.5, 0.6) is 0 Å². The van der Waals surface area contributed by atoms with E-state index in [0.717, 1.165) is 11.0 Å². The van der Waals surface area contributed by atoms with Crippen molar-refractivity contribution in [1.82, 2.24) is 15.0 Å². The fourth-order valence-corrected chi connectivity index (χ4v) is 5.35. The SMILES string of the molecule is Cc1ccccc1C([Se]c1ccccc1)n1nnc2ccccc21. The molecule has 0 N–H and O–H groups in total. The summed E-state index contributed by atoms with van der Waals surface area (Å²) >= 11 is 0.212. The van der Waals surface area contributed by atoms with Gasteiger partial charge in [0.1, 0.15) is 0 Å². The van der Waals surface area contributed by atoms with Gasteiger partial charge < -0.3 is 0 Å². The molecular formula is C20H17N3Se. The van der Waals surface area contributed by atoms with Crippen molar-refractivity contribution in [2.45, 2.75) is 11.9 Å². The number of aromatic nitrogens is 3. The van der Waals surface area contributed by atoms with Gasteiger partial charge in [-0.05, 0) is 0 Å². The number of nitrogens with zero attached hydrogens (tertiary/aromatic N) is 3. The van der Waals surface area contributed by atoms with Crippen LogP contribution in [0.1, 0.15) is 16.1 Å². The molecule has 118 valence electrons. The second kappa shape index (κ2) is 6.60. The second-order valence-corrected chi connectivity index (χ2v) is 8.08. The number of para-hydroxylation sites is 1. The van der Waals surface area contributed by atoms with Crippen LogP contribution in [0.4, 0.5) is 0 Å². The Morgan fingerprint density at radius 1 is 0.833 bits per heavy atom. The Bertz CT molecular complexity index is 963. The zero-order valence-corrected chi connectivity index (χ0v) is 15.0. The number of benzene rings is 3. The van der Waals surface area contributed by atoms with Crippen LogP contribution in [0.3, 0.4) is 0 Å². The first-order valence-electron chi connectivity index (χ1n) is 7.90. The van der Waals surface area contributed by atoms with Crippen molar-refractivity contribution < 1.29 is 0 Å². The summed E-state index contributed by atoms with van der Waals surface area (Å²) in [6.45, 7) is 2.17. The molecule has 3 nitrogen and oxygen atoms in total. The van der Waals surface area contributed by atoms with Crippen molar-refractivity contribution in [3.05, 3.63) is 90.0 Å². The van der Waals surface area contributed by atoms with Crippen LogP contribution in [0.2, 0.25) is 0 Å².